The first kappa shape index (κ1) is 18.4. The smallest absolute Gasteiger partial charge is 0.271 e. The number of aromatic nitrogens is 2. The molecule has 3 rings (SSSR count). The number of benzene rings is 2. The number of methoxy groups -OCH3 is 1. The lowest BCUT2D eigenvalue weighted by atomic mass is 10.1. The van der Waals surface area contributed by atoms with Crippen molar-refractivity contribution in [1.82, 2.24) is 15.5 Å². The molecule has 3 aromatic rings. The number of rotatable bonds is 7. The molecule has 27 heavy (non-hydrogen) atoms. The van der Waals surface area contributed by atoms with Gasteiger partial charge in [0, 0.05) is 12.2 Å². The molecule has 0 spiro atoms. The second-order valence-electron chi connectivity index (χ2n) is 6.10. The predicted octanol–water partition coefficient (Wildman–Crippen LogP) is 3.51. The van der Waals surface area contributed by atoms with E-state index in [9.17, 15) is 4.79 Å². The lowest BCUT2D eigenvalue weighted by molar-refractivity contribution is 0.0948. The first-order valence-electron chi connectivity index (χ1n) is 8.73. The fourth-order valence-corrected chi connectivity index (χ4v) is 2.57. The molecule has 6 nitrogen and oxygen atoms in total. The molecule has 0 saturated heterocycles. The number of ether oxygens (including phenoxy) is 1. The minimum atomic E-state index is -0.238. The molecule has 6 heteroatoms. The van der Waals surface area contributed by atoms with Gasteiger partial charge < -0.3 is 15.4 Å². The van der Waals surface area contributed by atoms with Gasteiger partial charge in [-0.25, -0.2) is 0 Å². The second-order valence-corrected chi connectivity index (χ2v) is 6.10. The van der Waals surface area contributed by atoms with Crippen molar-refractivity contribution in [2.45, 2.75) is 13.3 Å². The summed E-state index contributed by atoms with van der Waals surface area (Å²) in [4.78, 5) is 12.2. The molecule has 0 unspecified atom stereocenters. The largest absolute Gasteiger partial charge is 0.497 e. The molecule has 0 aliphatic heterocycles. The molecule has 2 N–H and O–H groups in total. The van der Waals surface area contributed by atoms with Gasteiger partial charge in [0.25, 0.3) is 5.91 Å². The summed E-state index contributed by atoms with van der Waals surface area (Å²) in [6.07, 6.45) is 0.732. The van der Waals surface area contributed by atoms with Crippen LogP contribution in [-0.4, -0.2) is 29.8 Å². The van der Waals surface area contributed by atoms with E-state index in [2.05, 4.69) is 20.8 Å². The Labute approximate surface area is 158 Å². The highest BCUT2D eigenvalue weighted by Gasteiger charge is 2.08. The summed E-state index contributed by atoms with van der Waals surface area (Å²) in [6.45, 7) is 2.54. The van der Waals surface area contributed by atoms with Crippen molar-refractivity contribution < 1.29 is 9.53 Å². The molecule has 0 atom stereocenters. The Kier molecular flexibility index (Phi) is 5.99. The van der Waals surface area contributed by atoms with Crippen molar-refractivity contribution in [3.8, 4) is 5.75 Å². The highest BCUT2D eigenvalue weighted by atomic mass is 16.5. The first-order chi connectivity index (χ1) is 13.2. The van der Waals surface area contributed by atoms with Crippen LogP contribution in [0.15, 0.2) is 60.7 Å². The van der Waals surface area contributed by atoms with Crippen LogP contribution >= 0.6 is 0 Å². The molecular weight excluding hydrogens is 340 g/mol. The van der Waals surface area contributed by atoms with Crippen LogP contribution in [0.4, 0.5) is 11.5 Å². The zero-order chi connectivity index (χ0) is 19.1. The zero-order valence-electron chi connectivity index (χ0n) is 15.4. The van der Waals surface area contributed by atoms with Crippen LogP contribution < -0.4 is 15.4 Å². The summed E-state index contributed by atoms with van der Waals surface area (Å²) in [7, 11) is 1.64. The molecule has 0 radical (unpaired) electrons. The molecule has 138 valence electrons. The molecule has 1 heterocycles. The lowest BCUT2D eigenvalue weighted by Crippen LogP contribution is -2.26. The van der Waals surface area contributed by atoms with Crippen LogP contribution in [-0.2, 0) is 6.42 Å². The Balaban J connectivity index is 1.52. The highest BCUT2D eigenvalue weighted by molar-refractivity contribution is 5.92. The van der Waals surface area contributed by atoms with Gasteiger partial charge in [-0.05, 0) is 54.8 Å². The fourth-order valence-electron chi connectivity index (χ4n) is 2.57. The number of carbonyl (C=O) groups excluding carboxylic acids is 1. The van der Waals surface area contributed by atoms with E-state index in [0.29, 0.717) is 18.1 Å². The van der Waals surface area contributed by atoms with E-state index < -0.39 is 0 Å². The number of anilines is 2. The van der Waals surface area contributed by atoms with Crippen LogP contribution in [0.1, 0.15) is 21.6 Å². The predicted molar refractivity (Wildman–Crippen MR) is 106 cm³/mol. The van der Waals surface area contributed by atoms with E-state index in [4.69, 9.17) is 4.74 Å². The van der Waals surface area contributed by atoms with Gasteiger partial charge in [0.15, 0.2) is 11.5 Å². The fraction of sp³-hybridized carbons (Fsp3) is 0.190. The quantitative estimate of drug-likeness (QED) is 0.673. The number of nitrogens with one attached hydrogen (secondary N) is 2. The summed E-state index contributed by atoms with van der Waals surface area (Å²) < 4.78 is 5.13. The maximum absolute atomic E-state index is 12.2. The van der Waals surface area contributed by atoms with Crippen molar-refractivity contribution in [3.63, 3.8) is 0 Å². The van der Waals surface area contributed by atoms with Gasteiger partial charge in [0.1, 0.15) is 5.75 Å². The summed E-state index contributed by atoms with van der Waals surface area (Å²) in [5.41, 5.74) is 3.49. The third kappa shape index (κ3) is 5.04. The van der Waals surface area contributed by atoms with Crippen LogP contribution in [0.3, 0.4) is 0 Å². The molecular formula is C21H22N4O2. The minimum Gasteiger partial charge on any atom is -0.497 e. The van der Waals surface area contributed by atoms with Crippen LogP contribution in [0.25, 0.3) is 0 Å². The van der Waals surface area contributed by atoms with Crippen molar-refractivity contribution in [3.05, 3.63) is 77.5 Å². The monoisotopic (exact) mass is 362 g/mol. The van der Waals surface area contributed by atoms with Gasteiger partial charge in [-0.2, -0.15) is 0 Å². The Hall–Kier alpha value is -3.41. The van der Waals surface area contributed by atoms with Crippen LogP contribution in [0.5, 0.6) is 5.75 Å². The van der Waals surface area contributed by atoms with Gasteiger partial charge in [0.2, 0.25) is 0 Å². The maximum atomic E-state index is 12.2. The van der Waals surface area contributed by atoms with Crippen molar-refractivity contribution in [2.24, 2.45) is 0 Å². The van der Waals surface area contributed by atoms with Gasteiger partial charge in [-0.1, -0.05) is 30.3 Å². The van der Waals surface area contributed by atoms with Crippen molar-refractivity contribution in [2.75, 3.05) is 19.0 Å². The summed E-state index contributed by atoms with van der Waals surface area (Å²) in [5.74, 6) is 1.18. The van der Waals surface area contributed by atoms with Gasteiger partial charge in [-0.3, -0.25) is 4.79 Å². The van der Waals surface area contributed by atoms with Crippen LogP contribution in [0.2, 0.25) is 0 Å². The standard InChI is InChI=1S/C21H22N4O2/c1-15-5-3-4-6-18(15)23-20-12-11-19(24-25-20)21(26)22-14-13-16-7-9-17(27-2)10-8-16/h3-12H,13-14H2,1-2H3,(H,22,26)(H,23,25). The third-order valence-electron chi connectivity index (χ3n) is 4.16. The maximum Gasteiger partial charge on any atom is 0.271 e. The molecule has 2 aromatic carbocycles. The van der Waals surface area contributed by atoms with E-state index in [1.165, 1.54) is 0 Å². The summed E-state index contributed by atoms with van der Waals surface area (Å²) in [6, 6.07) is 19.1. The first-order valence-corrected chi connectivity index (χ1v) is 8.73. The third-order valence-corrected chi connectivity index (χ3v) is 4.16. The molecule has 1 aromatic heterocycles. The molecule has 0 fully saturated rings. The SMILES string of the molecule is COc1ccc(CCNC(=O)c2ccc(Nc3ccccc3C)nn2)cc1. The number of hydrogen-bond acceptors (Lipinski definition) is 5. The number of nitrogens with zero attached hydrogens (tertiary/aromatic N) is 2. The Morgan fingerprint density at radius 1 is 1.00 bits per heavy atom. The Morgan fingerprint density at radius 3 is 2.44 bits per heavy atom. The molecule has 0 aliphatic carbocycles. The number of amides is 1. The van der Waals surface area contributed by atoms with E-state index in [1.807, 2.05) is 55.5 Å². The van der Waals surface area contributed by atoms with E-state index in [-0.39, 0.29) is 5.91 Å². The summed E-state index contributed by atoms with van der Waals surface area (Å²) in [5, 5.41) is 14.2. The van der Waals surface area contributed by atoms with E-state index >= 15 is 0 Å². The highest BCUT2D eigenvalue weighted by Crippen LogP contribution is 2.18. The van der Waals surface area contributed by atoms with E-state index in [1.54, 1.807) is 19.2 Å². The summed E-state index contributed by atoms with van der Waals surface area (Å²) >= 11 is 0. The molecule has 0 bridgehead atoms. The molecule has 0 aliphatic rings. The Bertz CT molecular complexity index is 893. The average molecular weight is 362 g/mol. The molecule has 1 amide bonds. The number of aryl methyl sites for hydroxylation is 1. The van der Waals surface area contributed by atoms with E-state index in [0.717, 1.165) is 29.0 Å². The zero-order valence-corrected chi connectivity index (χ0v) is 15.4. The normalized spacial score (nSPS) is 10.3. The van der Waals surface area contributed by atoms with Crippen molar-refractivity contribution >= 4 is 17.4 Å². The van der Waals surface area contributed by atoms with Crippen LogP contribution in [0, 0.1) is 6.92 Å². The topological polar surface area (TPSA) is 76.1 Å². The Morgan fingerprint density at radius 2 is 1.78 bits per heavy atom. The van der Waals surface area contributed by atoms with Gasteiger partial charge >= 0.3 is 0 Å². The molecule has 0 saturated carbocycles. The number of carbonyl (C=O) groups is 1. The second kappa shape index (κ2) is 8.80. The average Bonchev–Trinajstić information content (AvgIpc) is 2.71. The van der Waals surface area contributed by atoms with Gasteiger partial charge in [0.05, 0.1) is 7.11 Å². The number of para-hydroxylation sites is 1. The lowest BCUT2D eigenvalue weighted by Gasteiger charge is -2.08. The number of hydrogen-bond donors (Lipinski definition) is 2. The van der Waals surface area contributed by atoms with Crippen molar-refractivity contribution in [1.29, 1.82) is 0 Å². The van der Waals surface area contributed by atoms with Gasteiger partial charge in [-0.15, -0.1) is 10.2 Å². The minimum absolute atomic E-state index is 0.238.